The fourth-order valence-electron chi connectivity index (χ4n) is 1.58. The Morgan fingerprint density at radius 3 is 2.47 bits per heavy atom. The van der Waals surface area contributed by atoms with Crippen molar-refractivity contribution in [1.82, 2.24) is 5.32 Å². The highest BCUT2D eigenvalue weighted by atomic mass is 19.1. The van der Waals surface area contributed by atoms with Crippen molar-refractivity contribution in [3.05, 3.63) is 47.0 Å². The van der Waals surface area contributed by atoms with Crippen LogP contribution in [-0.4, -0.2) is 7.05 Å². The molecular formula is C12H15F2N. The normalized spacial score (nSPS) is 12.6. The Morgan fingerprint density at radius 2 is 2.00 bits per heavy atom. The van der Waals surface area contributed by atoms with Crippen LogP contribution in [0.1, 0.15) is 24.1 Å². The number of hydrogen-bond acceptors (Lipinski definition) is 1. The van der Waals surface area contributed by atoms with Crippen molar-refractivity contribution >= 4 is 0 Å². The summed E-state index contributed by atoms with van der Waals surface area (Å²) in [5.74, 6) is -1.04. The SMILES string of the molecule is C=C(C)C(NC)c1c(F)ccc(C)c1F. The molecule has 1 aromatic carbocycles. The molecule has 0 spiro atoms. The summed E-state index contributed by atoms with van der Waals surface area (Å²) in [6.07, 6.45) is 0. The molecule has 0 heterocycles. The van der Waals surface area contributed by atoms with Crippen molar-refractivity contribution < 1.29 is 8.78 Å². The number of hydrogen-bond donors (Lipinski definition) is 1. The van der Waals surface area contributed by atoms with E-state index in [9.17, 15) is 8.78 Å². The molecule has 0 aliphatic heterocycles. The first kappa shape index (κ1) is 11.9. The molecule has 1 nitrogen and oxygen atoms in total. The summed E-state index contributed by atoms with van der Waals surface area (Å²) in [5, 5.41) is 2.85. The monoisotopic (exact) mass is 211 g/mol. The van der Waals surface area contributed by atoms with Crippen molar-refractivity contribution in [2.75, 3.05) is 7.05 Å². The zero-order chi connectivity index (χ0) is 11.6. The Hall–Kier alpha value is -1.22. The molecule has 1 aromatic rings. The van der Waals surface area contributed by atoms with E-state index in [-0.39, 0.29) is 5.56 Å². The second-order valence-electron chi connectivity index (χ2n) is 3.66. The van der Waals surface area contributed by atoms with E-state index in [0.717, 1.165) is 0 Å². The van der Waals surface area contributed by atoms with Crippen molar-refractivity contribution in [2.24, 2.45) is 0 Å². The lowest BCUT2D eigenvalue weighted by Gasteiger charge is -2.18. The van der Waals surface area contributed by atoms with Gasteiger partial charge in [-0.15, -0.1) is 0 Å². The van der Waals surface area contributed by atoms with E-state index in [1.165, 1.54) is 12.1 Å². The van der Waals surface area contributed by atoms with E-state index >= 15 is 0 Å². The second-order valence-corrected chi connectivity index (χ2v) is 3.66. The Kier molecular flexibility index (Phi) is 3.58. The van der Waals surface area contributed by atoms with Gasteiger partial charge in [-0.3, -0.25) is 0 Å². The molecule has 1 unspecified atom stereocenters. The van der Waals surface area contributed by atoms with Crippen molar-refractivity contribution in [1.29, 1.82) is 0 Å². The van der Waals surface area contributed by atoms with Gasteiger partial charge in [0, 0.05) is 5.56 Å². The Balaban J connectivity index is 3.34. The molecule has 1 atom stereocenters. The number of benzene rings is 1. The first-order valence-corrected chi connectivity index (χ1v) is 4.76. The van der Waals surface area contributed by atoms with Crippen LogP contribution in [0.15, 0.2) is 24.3 Å². The molecule has 1 rings (SSSR count). The minimum absolute atomic E-state index is 0.0463. The largest absolute Gasteiger partial charge is 0.309 e. The van der Waals surface area contributed by atoms with E-state index in [1.54, 1.807) is 20.9 Å². The third kappa shape index (κ3) is 2.23. The lowest BCUT2D eigenvalue weighted by atomic mass is 9.98. The van der Waals surface area contributed by atoms with Crippen molar-refractivity contribution in [2.45, 2.75) is 19.9 Å². The highest BCUT2D eigenvalue weighted by Gasteiger charge is 2.20. The average Bonchev–Trinajstić information content (AvgIpc) is 2.18. The number of aryl methyl sites for hydroxylation is 1. The first-order chi connectivity index (χ1) is 6.99. The van der Waals surface area contributed by atoms with Crippen LogP contribution >= 0.6 is 0 Å². The number of likely N-dealkylation sites (N-methyl/N-ethyl adjacent to an activating group) is 1. The van der Waals surface area contributed by atoms with Crippen molar-refractivity contribution in [3.8, 4) is 0 Å². The molecule has 0 radical (unpaired) electrons. The zero-order valence-electron chi connectivity index (χ0n) is 9.20. The lowest BCUT2D eigenvalue weighted by Crippen LogP contribution is -2.20. The Morgan fingerprint density at radius 1 is 1.40 bits per heavy atom. The summed E-state index contributed by atoms with van der Waals surface area (Å²) in [6, 6.07) is 2.23. The third-order valence-corrected chi connectivity index (χ3v) is 2.39. The molecule has 0 saturated heterocycles. The smallest absolute Gasteiger partial charge is 0.134 e. The topological polar surface area (TPSA) is 12.0 Å². The quantitative estimate of drug-likeness (QED) is 0.757. The van der Waals surface area contributed by atoms with Crippen LogP contribution in [0.25, 0.3) is 0 Å². The molecule has 0 fully saturated rings. The molecule has 82 valence electrons. The molecule has 1 N–H and O–H groups in total. The first-order valence-electron chi connectivity index (χ1n) is 4.76. The van der Waals surface area contributed by atoms with Crippen LogP contribution in [0.4, 0.5) is 8.78 Å². The summed E-state index contributed by atoms with van der Waals surface area (Å²) < 4.78 is 27.2. The summed E-state index contributed by atoms with van der Waals surface area (Å²) in [4.78, 5) is 0. The fourth-order valence-corrected chi connectivity index (χ4v) is 1.58. The standard InChI is InChI=1S/C12H15F2N/c1-7(2)12(15-4)10-9(13)6-5-8(3)11(10)14/h5-6,12,15H,1H2,2-4H3. The molecule has 0 bridgehead atoms. The molecule has 3 heteroatoms. The van der Waals surface area contributed by atoms with Gasteiger partial charge in [-0.1, -0.05) is 18.2 Å². The maximum Gasteiger partial charge on any atom is 0.134 e. The van der Waals surface area contributed by atoms with E-state index in [2.05, 4.69) is 11.9 Å². The summed E-state index contributed by atoms with van der Waals surface area (Å²) in [6.45, 7) is 7.07. The molecule has 0 aromatic heterocycles. The number of nitrogens with one attached hydrogen (secondary N) is 1. The number of halogens is 2. The van der Waals surface area contributed by atoms with E-state index in [0.29, 0.717) is 11.1 Å². The van der Waals surface area contributed by atoms with Crippen LogP contribution in [0, 0.1) is 18.6 Å². The minimum Gasteiger partial charge on any atom is -0.309 e. The Labute approximate surface area is 88.8 Å². The van der Waals surface area contributed by atoms with Gasteiger partial charge in [0.15, 0.2) is 0 Å². The summed E-state index contributed by atoms with van der Waals surface area (Å²) in [7, 11) is 1.65. The van der Waals surface area contributed by atoms with Gasteiger partial charge in [0.25, 0.3) is 0 Å². The predicted octanol–water partition coefficient (Wildman–Crippen LogP) is 3.11. The van der Waals surface area contributed by atoms with Crippen molar-refractivity contribution in [3.63, 3.8) is 0 Å². The second kappa shape index (κ2) is 4.53. The van der Waals surface area contributed by atoms with Gasteiger partial charge >= 0.3 is 0 Å². The molecular weight excluding hydrogens is 196 g/mol. The van der Waals surface area contributed by atoms with Gasteiger partial charge in [0.1, 0.15) is 11.6 Å². The van der Waals surface area contributed by atoms with Gasteiger partial charge in [0.05, 0.1) is 6.04 Å². The van der Waals surface area contributed by atoms with E-state index < -0.39 is 17.7 Å². The van der Waals surface area contributed by atoms with Crippen LogP contribution in [-0.2, 0) is 0 Å². The van der Waals surface area contributed by atoms with Gasteiger partial charge < -0.3 is 5.32 Å². The molecule has 0 aliphatic rings. The average molecular weight is 211 g/mol. The molecule has 0 aliphatic carbocycles. The predicted molar refractivity (Wildman–Crippen MR) is 57.7 cm³/mol. The van der Waals surface area contributed by atoms with Gasteiger partial charge in [-0.05, 0) is 32.5 Å². The maximum atomic E-state index is 13.7. The van der Waals surface area contributed by atoms with Crippen LogP contribution in [0.3, 0.4) is 0 Å². The third-order valence-electron chi connectivity index (χ3n) is 2.39. The summed E-state index contributed by atoms with van der Waals surface area (Å²) in [5.41, 5.74) is 1.17. The van der Waals surface area contributed by atoms with Gasteiger partial charge in [-0.25, -0.2) is 8.78 Å². The van der Waals surface area contributed by atoms with Crippen LogP contribution in [0.2, 0.25) is 0 Å². The lowest BCUT2D eigenvalue weighted by molar-refractivity contribution is 0.515. The maximum absolute atomic E-state index is 13.7. The highest BCUT2D eigenvalue weighted by molar-refractivity contribution is 5.33. The van der Waals surface area contributed by atoms with Gasteiger partial charge in [0.2, 0.25) is 0 Å². The zero-order valence-corrected chi connectivity index (χ0v) is 9.20. The molecule has 0 saturated carbocycles. The van der Waals surface area contributed by atoms with E-state index in [1.807, 2.05) is 0 Å². The number of rotatable bonds is 3. The van der Waals surface area contributed by atoms with Crippen LogP contribution in [0.5, 0.6) is 0 Å². The Bertz CT molecular complexity index is 385. The molecule has 15 heavy (non-hydrogen) atoms. The van der Waals surface area contributed by atoms with Gasteiger partial charge in [-0.2, -0.15) is 0 Å². The highest BCUT2D eigenvalue weighted by Crippen LogP contribution is 2.27. The fraction of sp³-hybridized carbons (Fsp3) is 0.333. The summed E-state index contributed by atoms with van der Waals surface area (Å²) >= 11 is 0. The van der Waals surface area contributed by atoms with E-state index in [4.69, 9.17) is 0 Å². The van der Waals surface area contributed by atoms with Crippen LogP contribution < -0.4 is 5.32 Å². The minimum atomic E-state index is -0.541. The molecule has 0 amide bonds.